The molecule has 1 aromatic rings. The maximum Gasteiger partial charge on any atom is 0.0991 e. The second-order valence-corrected chi connectivity index (χ2v) is 6.07. The van der Waals surface area contributed by atoms with Crippen molar-refractivity contribution in [1.29, 1.82) is 5.26 Å². The van der Waals surface area contributed by atoms with Gasteiger partial charge in [-0.3, -0.25) is 0 Å². The molecule has 0 aromatic heterocycles. The molecule has 16 heavy (non-hydrogen) atoms. The molecule has 0 aliphatic heterocycles. The van der Waals surface area contributed by atoms with Gasteiger partial charge in [0, 0.05) is 0 Å². The molecule has 4 aliphatic carbocycles. The summed E-state index contributed by atoms with van der Waals surface area (Å²) in [5.74, 6) is 5.82. The fourth-order valence-electron chi connectivity index (χ4n) is 5.22. The number of hydrogen-bond acceptors (Lipinski definition) is 1. The topological polar surface area (TPSA) is 23.8 Å². The van der Waals surface area contributed by atoms with Crippen molar-refractivity contribution in [1.82, 2.24) is 0 Å². The standard InChI is InChI=1S/C15H13N/c16-6-7-1-2-10-11(5-7)12-8-3-4-9(8)13-14(10)15(12)13/h1-2,5,8-9,12-15H,3-4H2/t8-,9-,12-,13+,14+,15-/m0/s1. The van der Waals surface area contributed by atoms with Gasteiger partial charge in [-0.1, -0.05) is 6.07 Å². The molecule has 5 rings (SSSR count). The van der Waals surface area contributed by atoms with Gasteiger partial charge >= 0.3 is 0 Å². The quantitative estimate of drug-likeness (QED) is 0.641. The Labute approximate surface area is 95.1 Å². The summed E-state index contributed by atoms with van der Waals surface area (Å²) < 4.78 is 0. The first-order valence-electron chi connectivity index (χ1n) is 6.44. The summed E-state index contributed by atoms with van der Waals surface area (Å²) in [6, 6.07) is 8.73. The first kappa shape index (κ1) is 7.90. The zero-order chi connectivity index (χ0) is 10.4. The largest absolute Gasteiger partial charge is 0.192 e. The Kier molecular flexibility index (Phi) is 1.09. The highest BCUT2D eigenvalue weighted by Gasteiger charge is 2.73. The molecule has 0 bridgehead atoms. The summed E-state index contributed by atoms with van der Waals surface area (Å²) in [5, 5.41) is 9.00. The van der Waals surface area contributed by atoms with Gasteiger partial charge in [0.1, 0.15) is 0 Å². The van der Waals surface area contributed by atoms with Gasteiger partial charge < -0.3 is 0 Å². The van der Waals surface area contributed by atoms with Crippen molar-refractivity contribution in [3.8, 4) is 6.07 Å². The van der Waals surface area contributed by atoms with Crippen LogP contribution in [0.15, 0.2) is 18.2 Å². The van der Waals surface area contributed by atoms with E-state index in [4.69, 9.17) is 5.26 Å². The van der Waals surface area contributed by atoms with Crippen LogP contribution in [0.3, 0.4) is 0 Å². The van der Waals surface area contributed by atoms with Crippen molar-refractivity contribution < 1.29 is 0 Å². The molecule has 3 fully saturated rings. The molecule has 1 nitrogen and oxygen atoms in total. The molecule has 0 spiro atoms. The lowest BCUT2D eigenvalue weighted by molar-refractivity contribution is 0.166. The highest BCUT2D eigenvalue weighted by atomic mass is 14.8. The van der Waals surface area contributed by atoms with Gasteiger partial charge in [-0.2, -0.15) is 5.26 Å². The van der Waals surface area contributed by atoms with Crippen molar-refractivity contribution in [2.24, 2.45) is 23.7 Å². The minimum absolute atomic E-state index is 0.844. The van der Waals surface area contributed by atoms with Crippen LogP contribution >= 0.6 is 0 Å². The summed E-state index contributed by atoms with van der Waals surface area (Å²) >= 11 is 0. The van der Waals surface area contributed by atoms with Crippen LogP contribution in [0.5, 0.6) is 0 Å². The second-order valence-electron chi connectivity index (χ2n) is 6.07. The van der Waals surface area contributed by atoms with E-state index in [2.05, 4.69) is 18.2 Å². The zero-order valence-corrected chi connectivity index (χ0v) is 9.06. The molecule has 0 unspecified atom stereocenters. The lowest BCUT2D eigenvalue weighted by Crippen LogP contribution is -2.26. The third kappa shape index (κ3) is 0.627. The Morgan fingerprint density at radius 3 is 2.62 bits per heavy atom. The van der Waals surface area contributed by atoms with E-state index in [-0.39, 0.29) is 0 Å². The van der Waals surface area contributed by atoms with Gasteiger partial charge in [-0.25, -0.2) is 0 Å². The minimum Gasteiger partial charge on any atom is -0.192 e. The van der Waals surface area contributed by atoms with E-state index in [9.17, 15) is 0 Å². The maximum atomic E-state index is 9.00. The Balaban J connectivity index is 1.73. The van der Waals surface area contributed by atoms with Crippen molar-refractivity contribution in [2.45, 2.75) is 24.7 Å². The Bertz CT molecular complexity index is 553. The molecular weight excluding hydrogens is 194 g/mol. The molecule has 78 valence electrons. The van der Waals surface area contributed by atoms with Crippen LogP contribution in [0.25, 0.3) is 0 Å². The van der Waals surface area contributed by atoms with Crippen LogP contribution in [0, 0.1) is 35.0 Å². The third-order valence-corrected chi connectivity index (χ3v) is 5.82. The summed E-state index contributed by atoms with van der Waals surface area (Å²) in [7, 11) is 0. The smallest absolute Gasteiger partial charge is 0.0991 e. The molecule has 3 saturated carbocycles. The highest BCUT2D eigenvalue weighted by molar-refractivity contribution is 5.54. The fourth-order valence-corrected chi connectivity index (χ4v) is 5.22. The van der Waals surface area contributed by atoms with Crippen LogP contribution in [0.2, 0.25) is 0 Å². The van der Waals surface area contributed by atoms with Crippen LogP contribution in [0.4, 0.5) is 0 Å². The Hall–Kier alpha value is -1.29. The van der Waals surface area contributed by atoms with Gasteiger partial charge in [-0.15, -0.1) is 0 Å². The van der Waals surface area contributed by atoms with Crippen LogP contribution < -0.4 is 0 Å². The first-order chi connectivity index (χ1) is 7.90. The van der Waals surface area contributed by atoms with Crippen molar-refractivity contribution in [3.05, 3.63) is 34.9 Å². The maximum absolute atomic E-state index is 9.00. The van der Waals surface area contributed by atoms with Gasteiger partial charge in [0.05, 0.1) is 11.6 Å². The number of hydrogen-bond donors (Lipinski definition) is 0. The van der Waals surface area contributed by atoms with Crippen LogP contribution in [-0.4, -0.2) is 0 Å². The summed E-state index contributed by atoms with van der Waals surface area (Å²) in [6.45, 7) is 0. The zero-order valence-electron chi connectivity index (χ0n) is 9.06. The van der Waals surface area contributed by atoms with E-state index < -0.39 is 0 Å². The molecule has 0 radical (unpaired) electrons. The normalized spacial score (nSPS) is 48.7. The Morgan fingerprint density at radius 2 is 1.88 bits per heavy atom. The van der Waals surface area contributed by atoms with E-state index in [0.717, 1.165) is 41.1 Å². The lowest BCUT2D eigenvalue weighted by Gasteiger charge is -2.36. The SMILES string of the molecule is N#Cc1ccc2c(c1)[C@@H]1[C@H]3CC[C@@H]3[C@@H]3[C@@H]2[C@@H]13. The number of rotatable bonds is 0. The predicted molar refractivity (Wildman–Crippen MR) is 59.8 cm³/mol. The second kappa shape index (κ2) is 2.20. The Morgan fingerprint density at radius 1 is 1.00 bits per heavy atom. The predicted octanol–water partition coefficient (Wildman–Crippen LogP) is 3.02. The van der Waals surface area contributed by atoms with Crippen LogP contribution in [-0.2, 0) is 0 Å². The lowest BCUT2D eigenvalue weighted by atomic mass is 9.69. The van der Waals surface area contributed by atoms with Gasteiger partial charge in [0.2, 0.25) is 0 Å². The van der Waals surface area contributed by atoms with Crippen molar-refractivity contribution in [2.75, 3.05) is 0 Å². The van der Waals surface area contributed by atoms with E-state index in [1.165, 1.54) is 12.8 Å². The number of nitrogens with zero attached hydrogens (tertiary/aromatic N) is 1. The van der Waals surface area contributed by atoms with Crippen molar-refractivity contribution >= 4 is 0 Å². The molecular formula is C15H13N. The number of nitriles is 1. The molecule has 0 heterocycles. The highest BCUT2D eigenvalue weighted by Crippen LogP contribution is 2.81. The summed E-state index contributed by atoms with van der Waals surface area (Å²) in [6.07, 6.45) is 2.93. The molecule has 0 N–H and O–H groups in total. The fraction of sp³-hybridized carbons (Fsp3) is 0.533. The average Bonchev–Trinajstić information content (AvgIpc) is 2.81. The molecule has 0 amide bonds. The average molecular weight is 207 g/mol. The molecule has 0 saturated heterocycles. The summed E-state index contributed by atoms with van der Waals surface area (Å²) in [4.78, 5) is 0. The minimum atomic E-state index is 0.844. The van der Waals surface area contributed by atoms with Gasteiger partial charge in [-0.05, 0) is 71.6 Å². The number of benzene rings is 1. The van der Waals surface area contributed by atoms with Crippen molar-refractivity contribution in [3.63, 3.8) is 0 Å². The van der Waals surface area contributed by atoms with E-state index in [1.807, 2.05) is 6.07 Å². The van der Waals surface area contributed by atoms with Crippen LogP contribution in [0.1, 0.15) is 41.4 Å². The van der Waals surface area contributed by atoms with Gasteiger partial charge in [0.15, 0.2) is 0 Å². The summed E-state index contributed by atoms with van der Waals surface area (Å²) in [5.41, 5.74) is 4.02. The number of fused-ring (bicyclic) bond motifs is 7. The third-order valence-electron chi connectivity index (χ3n) is 5.82. The van der Waals surface area contributed by atoms with E-state index >= 15 is 0 Å². The molecule has 1 heteroatoms. The van der Waals surface area contributed by atoms with E-state index in [0.29, 0.717) is 0 Å². The molecule has 4 aliphatic rings. The first-order valence-corrected chi connectivity index (χ1v) is 6.44. The van der Waals surface area contributed by atoms with Gasteiger partial charge in [0.25, 0.3) is 0 Å². The molecule has 1 aromatic carbocycles. The monoisotopic (exact) mass is 207 g/mol. The molecule has 6 atom stereocenters. The van der Waals surface area contributed by atoms with E-state index in [1.54, 1.807) is 11.1 Å².